The number of carbonyl (C=O) groups excluding carboxylic acids is 1. The first-order valence-corrected chi connectivity index (χ1v) is 5.64. The van der Waals surface area contributed by atoms with Gasteiger partial charge < -0.3 is 9.64 Å². The van der Waals surface area contributed by atoms with Crippen LogP contribution in [-0.4, -0.2) is 37.1 Å². The maximum absolute atomic E-state index is 11.2. The van der Waals surface area contributed by atoms with Crippen molar-refractivity contribution in [2.24, 2.45) is 5.92 Å². The van der Waals surface area contributed by atoms with E-state index in [2.05, 4.69) is 11.8 Å². The quantitative estimate of drug-likeness (QED) is 0.645. The molecule has 0 aromatic heterocycles. The first-order valence-electron chi connectivity index (χ1n) is 5.64. The van der Waals surface area contributed by atoms with Crippen LogP contribution >= 0.6 is 0 Å². The smallest absolute Gasteiger partial charge is 0.306 e. The highest BCUT2D eigenvalue weighted by Crippen LogP contribution is 2.20. The van der Waals surface area contributed by atoms with Gasteiger partial charge in [-0.05, 0) is 45.3 Å². The lowest BCUT2D eigenvalue weighted by Crippen LogP contribution is -2.34. The van der Waals surface area contributed by atoms with Gasteiger partial charge in [-0.15, -0.1) is 0 Å². The summed E-state index contributed by atoms with van der Waals surface area (Å²) in [6, 6.07) is 0. The molecule has 1 rings (SSSR count). The molecule has 1 heterocycles. The highest BCUT2D eigenvalue weighted by molar-refractivity contribution is 5.69. The molecule has 0 saturated carbocycles. The van der Waals surface area contributed by atoms with Gasteiger partial charge in [0.1, 0.15) is 0 Å². The minimum absolute atomic E-state index is 0.0255. The van der Waals surface area contributed by atoms with Gasteiger partial charge in [0.25, 0.3) is 0 Å². The van der Waals surface area contributed by atoms with Crippen LogP contribution in [-0.2, 0) is 9.53 Å². The van der Waals surface area contributed by atoms with Crippen molar-refractivity contribution in [2.75, 3.05) is 26.2 Å². The number of esters is 1. The van der Waals surface area contributed by atoms with Gasteiger partial charge in [-0.25, -0.2) is 0 Å². The van der Waals surface area contributed by atoms with E-state index in [1.807, 2.05) is 6.92 Å². The third-order valence-corrected chi connectivity index (χ3v) is 2.92. The maximum Gasteiger partial charge on any atom is 0.306 e. The van der Waals surface area contributed by atoms with E-state index in [9.17, 15) is 4.79 Å². The average Bonchev–Trinajstić information content (AvgIpc) is 2.19. The van der Waals surface area contributed by atoms with E-state index >= 15 is 0 Å². The molecule has 0 radical (unpaired) electrons. The fourth-order valence-electron chi connectivity index (χ4n) is 1.96. The van der Waals surface area contributed by atoms with Gasteiger partial charge in [-0.2, -0.15) is 0 Å². The largest absolute Gasteiger partial charge is 0.466 e. The van der Waals surface area contributed by atoms with E-state index in [1.54, 1.807) is 0 Å². The van der Waals surface area contributed by atoms with Crippen LogP contribution in [0.5, 0.6) is 0 Å². The van der Waals surface area contributed by atoms with E-state index < -0.39 is 0 Å². The minimum atomic E-state index is -0.0255. The van der Waals surface area contributed by atoms with Gasteiger partial charge in [0, 0.05) is 6.42 Å². The Morgan fingerprint density at radius 1 is 1.36 bits per heavy atom. The summed E-state index contributed by atoms with van der Waals surface area (Å²) < 4.78 is 4.95. The predicted octanol–water partition coefficient (Wildman–Crippen LogP) is 1.67. The van der Waals surface area contributed by atoms with E-state index in [0.29, 0.717) is 18.9 Å². The Bertz CT molecular complexity index is 174. The number of hydrogen-bond donors (Lipinski definition) is 0. The summed E-state index contributed by atoms with van der Waals surface area (Å²) in [5.41, 5.74) is 0. The van der Waals surface area contributed by atoms with Gasteiger partial charge in [-0.1, -0.05) is 6.92 Å². The van der Waals surface area contributed by atoms with Gasteiger partial charge >= 0.3 is 5.97 Å². The number of hydrogen-bond acceptors (Lipinski definition) is 3. The van der Waals surface area contributed by atoms with E-state index in [1.165, 1.54) is 0 Å². The van der Waals surface area contributed by atoms with Crippen molar-refractivity contribution < 1.29 is 9.53 Å². The molecule has 3 nitrogen and oxygen atoms in total. The number of piperidine rings is 1. The second-order valence-electron chi connectivity index (χ2n) is 3.89. The van der Waals surface area contributed by atoms with E-state index in [-0.39, 0.29) is 5.97 Å². The SMILES string of the molecule is CCOC(=O)CC1CCN(CC)CC1. The van der Waals surface area contributed by atoms with Gasteiger partial charge in [0.2, 0.25) is 0 Å². The standard InChI is InChI=1S/C11H21NO2/c1-3-12-7-5-10(6-8-12)9-11(13)14-4-2/h10H,3-9H2,1-2H3. The topological polar surface area (TPSA) is 29.5 Å². The molecule has 14 heavy (non-hydrogen) atoms. The van der Waals surface area contributed by atoms with Gasteiger partial charge in [0.15, 0.2) is 0 Å². The summed E-state index contributed by atoms with van der Waals surface area (Å²) in [7, 11) is 0. The number of likely N-dealkylation sites (tertiary alicyclic amines) is 1. The van der Waals surface area contributed by atoms with Crippen molar-refractivity contribution in [3.63, 3.8) is 0 Å². The summed E-state index contributed by atoms with van der Waals surface area (Å²) in [6.45, 7) is 7.96. The Morgan fingerprint density at radius 2 is 2.00 bits per heavy atom. The highest BCUT2D eigenvalue weighted by atomic mass is 16.5. The van der Waals surface area contributed by atoms with E-state index in [0.717, 1.165) is 32.5 Å². The van der Waals surface area contributed by atoms with Crippen LogP contribution in [0.25, 0.3) is 0 Å². The lowest BCUT2D eigenvalue weighted by Gasteiger charge is -2.30. The molecule has 0 N–H and O–H groups in total. The van der Waals surface area contributed by atoms with Crippen LogP contribution in [0.3, 0.4) is 0 Å². The molecule has 3 heteroatoms. The van der Waals surface area contributed by atoms with Crippen LogP contribution in [0.2, 0.25) is 0 Å². The minimum Gasteiger partial charge on any atom is -0.466 e. The molecule has 1 aliphatic rings. The predicted molar refractivity (Wildman–Crippen MR) is 56.1 cm³/mol. The van der Waals surface area contributed by atoms with Crippen LogP contribution in [0.15, 0.2) is 0 Å². The lowest BCUT2D eigenvalue weighted by atomic mass is 9.94. The van der Waals surface area contributed by atoms with Crippen LogP contribution in [0, 0.1) is 5.92 Å². The Kier molecular flexibility index (Phi) is 4.94. The highest BCUT2D eigenvalue weighted by Gasteiger charge is 2.20. The Morgan fingerprint density at radius 3 is 2.50 bits per heavy atom. The monoisotopic (exact) mass is 199 g/mol. The zero-order valence-electron chi connectivity index (χ0n) is 9.29. The van der Waals surface area contributed by atoms with Gasteiger partial charge in [-0.3, -0.25) is 4.79 Å². The van der Waals surface area contributed by atoms with Crippen molar-refractivity contribution >= 4 is 5.97 Å². The number of nitrogens with zero attached hydrogens (tertiary/aromatic N) is 1. The van der Waals surface area contributed by atoms with E-state index in [4.69, 9.17) is 4.74 Å². The van der Waals surface area contributed by atoms with Crippen molar-refractivity contribution in [3.8, 4) is 0 Å². The second-order valence-corrected chi connectivity index (χ2v) is 3.89. The molecule has 0 aromatic rings. The summed E-state index contributed by atoms with van der Waals surface area (Å²) in [6.07, 6.45) is 2.91. The fraction of sp³-hybridized carbons (Fsp3) is 0.909. The third kappa shape index (κ3) is 3.66. The molecular weight excluding hydrogens is 178 g/mol. The molecule has 0 atom stereocenters. The lowest BCUT2D eigenvalue weighted by molar-refractivity contribution is -0.144. The zero-order valence-corrected chi connectivity index (χ0v) is 9.29. The Balaban J connectivity index is 2.18. The fourth-order valence-corrected chi connectivity index (χ4v) is 1.96. The summed E-state index contributed by atoms with van der Waals surface area (Å²) in [5, 5.41) is 0. The molecule has 0 amide bonds. The molecule has 0 bridgehead atoms. The van der Waals surface area contributed by atoms with Crippen molar-refractivity contribution in [3.05, 3.63) is 0 Å². The summed E-state index contributed by atoms with van der Waals surface area (Å²) in [4.78, 5) is 13.7. The molecular formula is C11H21NO2. The molecule has 0 aromatic carbocycles. The van der Waals surface area contributed by atoms with Gasteiger partial charge in [0.05, 0.1) is 6.61 Å². The van der Waals surface area contributed by atoms with Crippen molar-refractivity contribution in [1.29, 1.82) is 0 Å². The molecule has 1 aliphatic heterocycles. The van der Waals surface area contributed by atoms with Crippen LogP contribution < -0.4 is 0 Å². The molecule has 82 valence electrons. The number of carbonyl (C=O) groups is 1. The molecule has 0 aliphatic carbocycles. The first-order chi connectivity index (χ1) is 6.76. The molecule has 0 unspecified atom stereocenters. The first kappa shape index (κ1) is 11.5. The maximum atomic E-state index is 11.2. The van der Waals surface area contributed by atoms with Crippen LogP contribution in [0.4, 0.5) is 0 Å². The van der Waals surface area contributed by atoms with Crippen LogP contribution in [0.1, 0.15) is 33.1 Å². The molecule has 0 spiro atoms. The molecule has 1 saturated heterocycles. The average molecular weight is 199 g/mol. The number of rotatable bonds is 4. The zero-order chi connectivity index (χ0) is 10.4. The summed E-state index contributed by atoms with van der Waals surface area (Å²) >= 11 is 0. The number of ether oxygens (including phenoxy) is 1. The Hall–Kier alpha value is -0.570. The second kappa shape index (κ2) is 6.02. The third-order valence-electron chi connectivity index (χ3n) is 2.92. The van der Waals surface area contributed by atoms with Crippen molar-refractivity contribution in [1.82, 2.24) is 4.90 Å². The molecule has 1 fully saturated rings. The normalized spacial score (nSPS) is 19.6. The summed E-state index contributed by atoms with van der Waals surface area (Å²) in [5.74, 6) is 0.527. The van der Waals surface area contributed by atoms with Crippen molar-refractivity contribution in [2.45, 2.75) is 33.1 Å². The Labute approximate surface area is 86.4 Å².